The molecular weight excluding hydrogens is 345 g/mol. The molecular formula is C17H12FN3O3S. The van der Waals surface area contributed by atoms with E-state index < -0.39 is 11.8 Å². The average molecular weight is 357 g/mol. The second-order valence-electron chi connectivity index (χ2n) is 5.06. The van der Waals surface area contributed by atoms with E-state index >= 15 is 0 Å². The van der Waals surface area contributed by atoms with Gasteiger partial charge < -0.3 is 5.11 Å². The number of pyridine rings is 1. The number of hydrogen-bond donors (Lipinski definition) is 2. The Bertz CT molecular complexity index is 911. The lowest BCUT2D eigenvalue weighted by molar-refractivity contribution is -0.136. The van der Waals surface area contributed by atoms with Crippen molar-refractivity contribution in [1.29, 1.82) is 0 Å². The maximum absolute atomic E-state index is 13.1. The molecule has 8 heteroatoms. The van der Waals surface area contributed by atoms with Crippen LogP contribution in [0.2, 0.25) is 0 Å². The summed E-state index contributed by atoms with van der Waals surface area (Å²) in [6.45, 7) is 0. The SMILES string of the molecule is O=C(O)Cc1sc(NC(=O)c2ccncc2)nc1-c1ccc(F)cc1. The molecule has 1 aromatic carbocycles. The van der Waals surface area contributed by atoms with Gasteiger partial charge in [-0.1, -0.05) is 0 Å². The molecule has 2 heterocycles. The van der Waals surface area contributed by atoms with Crippen LogP contribution in [0.5, 0.6) is 0 Å². The number of amides is 1. The van der Waals surface area contributed by atoms with E-state index in [2.05, 4.69) is 15.3 Å². The van der Waals surface area contributed by atoms with Crippen LogP contribution >= 0.6 is 11.3 Å². The Kier molecular flexibility index (Phi) is 4.80. The summed E-state index contributed by atoms with van der Waals surface area (Å²) in [5.41, 5.74) is 1.41. The molecule has 3 aromatic rings. The van der Waals surface area contributed by atoms with Crippen LogP contribution in [0.15, 0.2) is 48.8 Å². The molecule has 0 bridgehead atoms. The van der Waals surface area contributed by atoms with E-state index in [1.807, 2.05) is 0 Å². The number of carboxylic acids is 1. The van der Waals surface area contributed by atoms with Crippen molar-refractivity contribution >= 4 is 28.3 Å². The van der Waals surface area contributed by atoms with Crippen molar-refractivity contribution in [2.45, 2.75) is 6.42 Å². The molecule has 25 heavy (non-hydrogen) atoms. The van der Waals surface area contributed by atoms with Gasteiger partial charge in [0.05, 0.1) is 12.1 Å². The molecule has 2 aromatic heterocycles. The summed E-state index contributed by atoms with van der Waals surface area (Å²) in [6, 6.07) is 8.70. The highest BCUT2D eigenvalue weighted by Gasteiger charge is 2.17. The molecule has 2 N–H and O–H groups in total. The third kappa shape index (κ3) is 4.04. The fraction of sp³-hybridized carbons (Fsp3) is 0.0588. The molecule has 1 amide bonds. The molecule has 0 aliphatic rings. The molecule has 126 valence electrons. The van der Waals surface area contributed by atoms with E-state index in [1.165, 1.54) is 36.7 Å². The van der Waals surface area contributed by atoms with Gasteiger partial charge in [0.25, 0.3) is 5.91 Å². The van der Waals surface area contributed by atoms with Crippen LogP contribution in [-0.2, 0) is 11.2 Å². The molecule has 0 unspecified atom stereocenters. The Labute approximate surface area is 146 Å². The predicted molar refractivity (Wildman–Crippen MR) is 91.0 cm³/mol. The van der Waals surface area contributed by atoms with E-state index in [0.29, 0.717) is 21.7 Å². The van der Waals surface area contributed by atoms with Gasteiger partial charge in [-0.2, -0.15) is 0 Å². The number of thiazole rings is 1. The molecule has 6 nitrogen and oxygen atoms in total. The second kappa shape index (κ2) is 7.18. The summed E-state index contributed by atoms with van der Waals surface area (Å²) >= 11 is 1.08. The van der Waals surface area contributed by atoms with Crippen molar-refractivity contribution in [1.82, 2.24) is 9.97 Å². The summed E-state index contributed by atoms with van der Waals surface area (Å²) in [4.78, 5) is 31.9. The molecule has 0 aliphatic carbocycles. The van der Waals surface area contributed by atoms with Crippen molar-refractivity contribution < 1.29 is 19.1 Å². The Morgan fingerprint density at radius 3 is 2.44 bits per heavy atom. The maximum Gasteiger partial charge on any atom is 0.308 e. The fourth-order valence-electron chi connectivity index (χ4n) is 2.17. The monoisotopic (exact) mass is 357 g/mol. The number of carboxylic acid groups (broad SMARTS) is 1. The highest BCUT2D eigenvalue weighted by Crippen LogP contribution is 2.32. The quantitative estimate of drug-likeness (QED) is 0.731. The van der Waals surface area contributed by atoms with Crippen LogP contribution < -0.4 is 5.32 Å². The molecule has 0 aliphatic heterocycles. The summed E-state index contributed by atoms with van der Waals surface area (Å²) in [7, 11) is 0. The van der Waals surface area contributed by atoms with Crippen molar-refractivity contribution in [2.75, 3.05) is 5.32 Å². The minimum absolute atomic E-state index is 0.241. The van der Waals surface area contributed by atoms with Crippen molar-refractivity contribution in [3.63, 3.8) is 0 Å². The zero-order valence-electron chi connectivity index (χ0n) is 12.8. The smallest absolute Gasteiger partial charge is 0.308 e. The summed E-state index contributed by atoms with van der Waals surface area (Å²) in [5.74, 6) is -1.78. The molecule has 0 spiro atoms. The summed E-state index contributed by atoms with van der Waals surface area (Å²) < 4.78 is 13.1. The number of halogens is 1. The number of anilines is 1. The molecule has 0 fully saturated rings. The first-order chi connectivity index (χ1) is 12.0. The number of carbonyl (C=O) groups is 2. The normalized spacial score (nSPS) is 10.4. The standard InChI is InChI=1S/C17H12FN3O3S/c18-12-3-1-10(2-4-12)15-13(9-14(22)23)25-17(20-15)21-16(24)11-5-7-19-8-6-11/h1-8H,9H2,(H,22,23)(H,20,21,24). The molecule has 0 saturated carbocycles. The van der Waals surface area contributed by atoms with Gasteiger partial charge in [-0.15, -0.1) is 11.3 Å². The van der Waals surface area contributed by atoms with Crippen molar-refractivity contribution in [3.05, 3.63) is 65.0 Å². The fourth-order valence-corrected chi connectivity index (χ4v) is 3.14. The van der Waals surface area contributed by atoms with Gasteiger partial charge in [-0.25, -0.2) is 9.37 Å². The Hall–Kier alpha value is -3.13. The van der Waals surface area contributed by atoms with E-state index in [9.17, 15) is 14.0 Å². The highest BCUT2D eigenvalue weighted by molar-refractivity contribution is 7.16. The number of benzene rings is 1. The lowest BCUT2D eigenvalue weighted by Gasteiger charge is -2.01. The van der Waals surface area contributed by atoms with Crippen LogP contribution in [0.3, 0.4) is 0 Å². The largest absolute Gasteiger partial charge is 0.481 e. The first kappa shape index (κ1) is 16.7. The van der Waals surface area contributed by atoms with Gasteiger partial charge in [0.1, 0.15) is 5.82 Å². The minimum atomic E-state index is -1.01. The van der Waals surface area contributed by atoms with E-state index in [-0.39, 0.29) is 17.5 Å². The molecule has 0 saturated heterocycles. The van der Waals surface area contributed by atoms with Gasteiger partial charge in [0.15, 0.2) is 5.13 Å². The van der Waals surface area contributed by atoms with Crippen LogP contribution in [0.4, 0.5) is 9.52 Å². The zero-order valence-corrected chi connectivity index (χ0v) is 13.6. The van der Waals surface area contributed by atoms with Crippen molar-refractivity contribution in [3.8, 4) is 11.3 Å². The zero-order chi connectivity index (χ0) is 17.8. The predicted octanol–water partition coefficient (Wildman–Crippen LogP) is 3.22. The number of hydrogen-bond acceptors (Lipinski definition) is 5. The third-order valence-corrected chi connectivity index (χ3v) is 4.26. The number of nitrogens with zero attached hydrogens (tertiary/aromatic N) is 2. The van der Waals surface area contributed by atoms with Crippen LogP contribution in [0.25, 0.3) is 11.3 Å². The third-order valence-electron chi connectivity index (χ3n) is 3.29. The number of nitrogens with one attached hydrogen (secondary N) is 1. The summed E-state index contributed by atoms with van der Waals surface area (Å²) in [6.07, 6.45) is 2.75. The lowest BCUT2D eigenvalue weighted by Crippen LogP contribution is -2.11. The average Bonchev–Trinajstić information content (AvgIpc) is 2.98. The van der Waals surface area contributed by atoms with Gasteiger partial charge in [-0.05, 0) is 36.4 Å². The van der Waals surface area contributed by atoms with Gasteiger partial charge in [0.2, 0.25) is 0 Å². The van der Waals surface area contributed by atoms with E-state index in [4.69, 9.17) is 5.11 Å². The van der Waals surface area contributed by atoms with E-state index in [1.54, 1.807) is 12.1 Å². The first-order valence-electron chi connectivity index (χ1n) is 7.22. The number of carbonyl (C=O) groups excluding carboxylic acids is 1. The summed E-state index contributed by atoms with van der Waals surface area (Å²) in [5, 5.41) is 12.0. The van der Waals surface area contributed by atoms with Gasteiger partial charge >= 0.3 is 5.97 Å². The Morgan fingerprint density at radius 2 is 1.80 bits per heavy atom. The molecule has 3 rings (SSSR count). The van der Waals surface area contributed by atoms with Crippen LogP contribution in [-0.4, -0.2) is 27.0 Å². The molecule has 0 atom stereocenters. The van der Waals surface area contributed by atoms with Gasteiger partial charge in [0, 0.05) is 28.4 Å². The highest BCUT2D eigenvalue weighted by atomic mass is 32.1. The lowest BCUT2D eigenvalue weighted by atomic mass is 10.1. The number of aliphatic carboxylic acids is 1. The number of aromatic nitrogens is 2. The maximum atomic E-state index is 13.1. The molecule has 0 radical (unpaired) electrons. The number of rotatable bonds is 5. The Morgan fingerprint density at radius 1 is 1.12 bits per heavy atom. The minimum Gasteiger partial charge on any atom is -0.481 e. The van der Waals surface area contributed by atoms with E-state index in [0.717, 1.165) is 11.3 Å². The van der Waals surface area contributed by atoms with Gasteiger partial charge in [-0.3, -0.25) is 19.9 Å². The Balaban J connectivity index is 1.91. The van der Waals surface area contributed by atoms with Crippen LogP contribution in [0.1, 0.15) is 15.2 Å². The van der Waals surface area contributed by atoms with Crippen molar-refractivity contribution in [2.24, 2.45) is 0 Å². The van der Waals surface area contributed by atoms with Crippen LogP contribution in [0, 0.1) is 5.82 Å². The second-order valence-corrected chi connectivity index (χ2v) is 6.14. The first-order valence-corrected chi connectivity index (χ1v) is 8.03. The topological polar surface area (TPSA) is 92.2 Å².